The molecule has 2 saturated heterocycles. The normalized spacial score (nSPS) is 25.7. The number of rotatable bonds is 6. The molecule has 0 radical (unpaired) electrons. The number of phenols is 2. The van der Waals surface area contributed by atoms with Crippen LogP contribution in [-0.4, -0.2) is 47.3 Å². The third-order valence-electron chi connectivity index (χ3n) is 6.18. The monoisotopic (exact) mass is 411 g/mol. The number of hydrogen-bond acceptors (Lipinski definition) is 6. The number of phenolic OH excluding ortho intramolecular Hbond substituents is 2. The Morgan fingerprint density at radius 3 is 2.60 bits per heavy atom. The van der Waals surface area contributed by atoms with Crippen LogP contribution in [0.1, 0.15) is 40.8 Å². The maximum absolute atomic E-state index is 13.3. The van der Waals surface area contributed by atoms with Crippen LogP contribution in [0, 0.1) is 19.8 Å². The highest BCUT2D eigenvalue weighted by Crippen LogP contribution is 2.49. The topological polar surface area (TPSA) is 94.1 Å². The number of nitrogens with zero attached hydrogens (tertiary/aromatic N) is 1. The second-order valence-corrected chi connectivity index (χ2v) is 8.26. The Balaban J connectivity index is 1.77. The molecule has 2 heterocycles. The molecule has 7 nitrogen and oxygen atoms in total. The van der Waals surface area contributed by atoms with Crippen molar-refractivity contribution >= 4 is 5.91 Å². The van der Waals surface area contributed by atoms with E-state index in [1.54, 1.807) is 25.3 Å². The maximum atomic E-state index is 13.3. The third-order valence-corrected chi connectivity index (χ3v) is 6.18. The number of hydrazine groups is 1. The van der Waals surface area contributed by atoms with Crippen molar-refractivity contribution in [3.05, 3.63) is 58.7 Å². The molecule has 4 rings (SSSR count). The summed E-state index contributed by atoms with van der Waals surface area (Å²) in [6, 6.07) is 10.1. The molecular weight excluding hydrogens is 382 g/mol. The summed E-state index contributed by atoms with van der Waals surface area (Å²) < 4.78 is 5.18. The largest absolute Gasteiger partial charge is 0.508 e. The minimum absolute atomic E-state index is 0.0170. The molecule has 0 saturated carbocycles. The molecule has 160 valence electrons. The van der Waals surface area contributed by atoms with E-state index in [-0.39, 0.29) is 35.4 Å². The molecule has 4 N–H and O–H groups in total. The van der Waals surface area contributed by atoms with Crippen molar-refractivity contribution in [1.82, 2.24) is 15.8 Å². The van der Waals surface area contributed by atoms with Gasteiger partial charge in [-0.2, -0.15) is 0 Å². The van der Waals surface area contributed by atoms with E-state index in [0.29, 0.717) is 13.2 Å². The Hall–Kier alpha value is -2.61. The van der Waals surface area contributed by atoms with Crippen LogP contribution in [0.3, 0.4) is 0 Å². The molecule has 1 amide bonds. The minimum Gasteiger partial charge on any atom is -0.508 e. The highest BCUT2D eigenvalue weighted by atomic mass is 16.5. The lowest BCUT2D eigenvalue weighted by atomic mass is 9.82. The third kappa shape index (κ3) is 3.53. The molecule has 7 heteroatoms. The number of methoxy groups -OCH3 is 1. The molecule has 2 fully saturated rings. The Morgan fingerprint density at radius 2 is 1.87 bits per heavy atom. The van der Waals surface area contributed by atoms with Crippen LogP contribution in [0.4, 0.5) is 0 Å². The lowest BCUT2D eigenvalue weighted by molar-refractivity contribution is -0.131. The average molecular weight is 412 g/mol. The number of aryl methyl sites for hydroxylation is 2. The SMILES string of the molecule is COCCCN1C(=O)C2NNC(c3cc(C)cc(C)c3O)C2C1c1cccc(O)c1. The molecule has 2 aromatic rings. The van der Waals surface area contributed by atoms with Crippen molar-refractivity contribution in [3.8, 4) is 11.5 Å². The summed E-state index contributed by atoms with van der Waals surface area (Å²) in [6.45, 7) is 5.01. The Morgan fingerprint density at radius 1 is 1.10 bits per heavy atom. The van der Waals surface area contributed by atoms with Crippen molar-refractivity contribution in [2.75, 3.05) is 20.3 Å². The van der Waals surface area contributed by atoms with Crippen LogP contribution >= 0.6 is 0 Å². The fourth-order valence-corrected chi connectivity index (χ4v) is 4.93. The molecule has 2 aromatic carbocycles. The molecule has 2 aliphatic heterocycles. The smallest absolute Gasteiger partial charge is 0.242 e. The van der Waals surface area contributed by atoms with E-state index in [2.05, 4.69) is 10.9 Å². The first-order chi connectivity index (χ1) is 14.4. The van der Waals surface area contributed by atoms with Gasteiger partial charge in [-0.15, -0.1) is 0 Å². The first-order valence-electron chi connectivity index (χ1n) is 10.3. The van der Waals surface area contributed by atoms with Crippen LogP contribution in [-0.2, 0) is 9.53 Å². The van der Waals surface area contributed by atoms with Gasteiger partial charge in [-0.1, -0.05) is 29.8 Å². The summed E-state index contributed by atoms with van der Waals surface area (Å²) in [4.78, 5) is 15.2. The van der Waals surface area contributed by atoms with Crippen molar-refractivity contribution in [2.45, 2.75) is 38.4 Å². The summed E-state index contributed by atoms with van der Waals surface area (Å²) in [5.74, 6) is 0.294. The number of nitrogens with one attached hydrogen (secondary N) is 2. The van der Waals surface area contributed by atoms with E-state index in [0.717, 1.165) is 28.7 Å². The highest BCUT2D eigenvalue weighted by Gasteiger charge is 2.55. The fraction of sp³-hybridized carbons (Fsp3) is 0.435. The van der Waals surface area contributed by atoms with Crippen molar-refractivity contribution in [2.24, 2.45) is 5.92 Å². The first kappa shape index (κ1) is 20.7. The van der Waals surface area contributed by atoms with E-state index in [1.165, 1.54) is 0 Å². The number of aromatic hydroxyl groups is 2. The van der Waals surface area contributed by atoms with Gasteiger partial charge in [0, 0.05) is 31.7 Å². The van der Waals surface area contributed by atoms with E-state index >= 15 is 0 Å². The Labute approximate surface area is 176 Å². The number of ether oxygens (including phenoxy) is 1. The van der Waals surface area contributed by atoms with Gasteiger partial charge in [-0.3, -0.25) is 4.79 Å². The van der Waals surface area contributed by atoms with Crippen LogP contribution in [0.5, 0.6) is 11.5 Å². The quantitative estimate of drug-likeness (QED) is 0.546. The van der Waals surface area contributed by atoms with Gasteiger partial charge >= 0.3 is 0 Å². The standard InChI is InChI=1S/C23H29N3O4/c1-13-10-14(2)22(28)17(11-13)19-18-20(25-24-19)23(29)26(8-5-9-30-3)21(18)15-6-4-7-16(27)12-15/h4,6-7,10-12,18-21,24-25,27-28H,5,8-9H2,1-3H3. The van der Waals surface area contributed by atoms with Gasteiger partial charge in [0.25, 0.3) is 0 Å². The molecule has 4 unspecified atom stereocenters. The highest BCUT2D eigenvalue weighted by molar-refractivity contribution is 5.86. The molecule has 4 atom stereocenters. The lowest BCUT2D eigenvalue weighted by Gasteiger charge is -2.31. The van der Waals surface area contributed by atoms with E-state index < -0.39 is 6.04 Å². The number of fused-ring (bicyclic) bond motifs is 1. The van der Waals surface area contributed by atoms with Crippen molar-refractivity contribution in [3.63, 3.8) is 0 Å². The summed E-state index contributed by atoms with van der Waals surface area (Å²) in [5, 5.41) is 20.9. The van der Waals surface area contributed by atoms with E-state index in [4.69, 9.17) is 4.74 Å². The molecule has 0 spiro atoms. The fourth-order valence-electron chi connectivity index (χ4n) is 4.93. The summed E-state index contributed by atoms with van der Waals surface area (Å²) in [7, 11) is 1.65. The van der Waals surface area contributed by atoms with Gasteiger partial charge in [0.1, 0.15) is 17.5 Å². The van der Waals surface area contributed by atoms with Gasteiger partial charge in [0.15, 0.2) is 0 Å². The number of benzene rings is 2. The average Bonchev–Trinajstić information content (AvgIpc) is 3.24. The first-order valence-corrected chi connectivity index (χ1v) is 10.3. The molecule has 30 heavy (non-hydrogen) atoms. The number of carbonyl (C=O) groups excluding carboxylic acids is 1. The maximum Gasteiger partial charge on any atom is 0.242 e. The summed E-state index contributed by atoms with van der Waals surface area (Å²) in [5.41, 5.74) is 9.96. The number of carbonyl (C=O) groups is 1. The molecule has 0 aromatic heterocycles. The predicted octanol–water partition coefficient (Wildman–Crippen LogP) is 2.47. The lowest BCUT2D eigenvalue weighted by Crippen LogP contribution is -2.41. The van der Waals surface area contributed by atoms with Crippen LogP contribution in [0.25, 0.3) is 0 Å². The van der Waals surface area contributed by atoms with Gasteiger partial charge in [-0.05, 0) is 43.5 Å². The van der Waals surface area contributed by atoms with Gasteiger partial charge in [0.2, 0.25) is 5.91 Å². The number of hydrogen-bond donors (Lipinski definition) is 4. The number of amides is 1. The molecule has 0 bridgehead atoms. The summed E-state index contributed by atoms with van der Waals surface area (Å²) >= 11 is 0. The summed E-state index contributed by atoms with van der Waals surface area (Å²) in [6.07, 6.45) is 0.726. The van der Waals surface area contributed by atoms with E-state index in [9.17, 15) is 15.0 Å². The zero-order valence-corrected chi connectivity index (χ0v) is 17.6. The van der Waals surface area contributed by atoms with Gasteiger partial charge in [-0.25, -0.2) is 10.9 Å². The Kier molecular flexibility index (Phi) is 5.69. The van der Waals surface area contributed by atoms with Gasteiger partial charge < -0.3 is 19.8 Å². The zero-order chi connectivity index (χ0) is 21.4. The van der Waals surface area contributed by atoms with Crippen LogP contribution < -0.4 is 10.9 Å². The molecular formula is C23H29N3O4. The second-order valence-electron chi connectivity index (χ2n) is 8.26. The van der Waals surface area contributed by atoms with Crippen molar-refractivity contribution in [1.29, 1.82) is 0 Å². The number of likely N-dealkylation sites (tertiary alicyclic amines) is 1. The zero-order valence-electron chi connectivity index (χ0n) is 17.6. The minimum atomic E-state index is -0.412. The Bertz CT molecular complexity index is 948. The van der Waals surface area contributed by atoms with Crippen LogP contribution in [0.2, 0.25) is 0 Å². The van der Waals surface area contributed by atoms with E-state index in [1.807, 2.05) is 36.9 Å². The van der Waals surface area contributed by atoms with Crippen LogP contribution in [0.15, 0.2) is 36.4 Å². The van der Waals surface area contributed by atoms with Gasteiger partial charge in [0.05, 0.1) is 12.1 Å². The molecule has 2 aliphatic rings. The predicted molar refractivity (Wildman–Crippen MR) is 113 cm³/mol. The second kappa shape index (κ2) is 8.26. The molecule has 0 aliphatic carbocycles. The van der Waals surface area contributed by atoms with Crippen molar-refractivity contribution < 1.29 is 19.7 Å².